The SMILES string of the molecule is CCCCCCCCCC/C=C\CCCCCCCCCCCCCCCCCCCCCCCCCC(=O)OC(COC(=O)CCCCCCCCCCCCCCCCCCCCCCCCCCCCCCCCC)COC(OCC[N+](C)(C)C)C(=O)[O-]. The second-order valence-corrected chi connectivity index (χ2v) is 29.4. The van der Waals surface area contributed by atoms with Gasteiger partial charge in [0.1, 0.15) is 13.2 Å². The molecule has 0 heterocycles. The van der Waals surface area contributed by atoms with Gasteiger partial charge in [-0.15, -0.1) is 0 Å². The predicted molar refractivity (Wildman–Crippen MR) is 390 cm³/mol. The van der Waals surface area contributed by atoms with Crippen molar-refractivity contribution in [3.8, 4) is 0 Å². The molecule has 0 aliphatic carbocycles. The van der Waals surface area contributed by atoms with Gasteiger partial charge in [0.25, 0.3) is 0 Å². The second kappa shape index (κ2) is 73.8. The number of carboxylic acid groups (broad SMARTS) is 1. The molecule has 91 heavy (non-hydrogen) atoms. The Morgan fingerprint density at radius 1 is 0.319 bits per heavy atom. The summed E-state index contributed by atoms with van der Waals surface area (Å²) >= 11 is 0. The number of esters is 2. The Hall–Kier alpha value is -1.97. The maximum atomic E-state index is 13.0. The van der Waals surface area contributed by atoms with E-state index in [1.54, 1.807) is 0 Å². The summed E-state index contributed by atoms with van der Waals surface area (Å²) in [6.45, 7) is 4.85. The van der Waals surface area contributed by atoms with Gasteiger partial charge in [-0.3, -0.25) is 9.59 Å². The Morgan fingerprint density at radius 3 is 0.813 bits per heavy atom. The van der Waals surface area contributed by atoms with E-state index in [0.717, 1.165) is 38.5 Å². The molecule has 0 aliphatic heterocycles. The minimum Gasteiger partial charge on any atom is -0.545 e. The Balaban J connectivity index is 3.95. The van der Waals surface area contributed by atoms with Gasteiger partial charge in [0.15, 0.2) is 12.4 Å². The third-order valence-electron chi connectivity index (χ3n) is 19.0. The predicted octanol–water partition coefficient (Wildman–Crippen LogP) is 24.6. The molecule has 0 fully saturated rings. The van der Waals surface area contributed by atoms with Crippen LogP contribution in [0.2, 0.25) is 0 Å². The number of quaternary nitrogens is 1. The number of rotatable bonds is 78. The minimum absolute atomic E-state index is 0.153. The lowest BCUT2D eigenvalue weighted by atomic mass is 10.0. The Morgan fingerprint density at radius 2 is 0.560 bits per heavy atom. The van der Waals surface area contributed by atoms with Crippen LogP contribution in [0.4, 0.5) is 0 Å². The van der Waals surface area contributed by atoms with E-state index in [-0.39, 0.29) is 32.2 Å². The molecule has 9 heteroatoms. The van der Waals surface area contributed by atoms with Gasteiger partial charge in [0.05, 0.1) is 40.3 Å². The molecule has 2 atom stereocenters. The van der Waals surface area contributed by atoms with Crippen LogP contribution in [0.1, 0.15) is 438 Å². The van der Waals surface area contributed by atoms with Crippen molar-refractivity contribution in [2.24, 2.45) is 0 Å². The van der Waals surface area contributed by atoms with Gasteiger partial charge in [0.2, 0.25) is 0 Å². The van der Waals surface area contributed by atoms with E-state index >= 15 is 0 Å². The van der Waals surface area contributed by atoms with E-state index in [2.05, 4.69) is 26.0 Å². The van der Waals surface area contributed by atoms with Crippen LogP contribution in [-0.2, 0) is 33.3 Å². The van der Waals surface area contributed by atoms with E-state index in [0.29, 0.717) is 17.4 Å². The highest BCUT2D eigenvalue weighted by Gasteiger charge is 2.22. The Bertz CT molecular complexity index is 1500. The fourth-order valence-corrected chi connectivity index (χ4v) is 12.8. The number of hydrogen-bond donors (Lipinski definition) is 0. The number of aliphatic carboxylic acids is 1. The molecule has 540 valence electrons. The molecule has 9 nitrogen and oxygen atoms in total. The maximum Gasteiger partial charge on any atom is 0.306 e. The lowest BCUT2D eigenvalue weighted by molar-refractivity contribution is -0.870. The molecule has 0 saturated carbocycles. The molecule has 0 aromatic heterocycles. The van der Waals surface area contributed by atoms with Crippen molar-refractivity contribution in [2.45, 2.75) is 450 Å². The minimum atomic E-state index is -1.62. The van der Waals surface area contributed by atoms with Crippen molar-refractivity contribution in [3.63, 3.8) is 0 Å². The zero-order chi connectivity index (χ0) is 66.1. The first-order valence-corrected chi connectivity index (χ1v) is 40.8. The van der Waals surface area contributed by atoms with Crippen LogP contribution >= 0.6 is 0 Å². The summed E-state index contributed by atoms with van der Waals surface area (Å²) in [5, 5.41) is 11.9. The van der Waals surface area contributed by atoms with Crippen LogP contribution in [0.25, 0.3) is 0 Å². The van der Waals surface area contributed by atoms with Crippen LogP contribution in [-0.4, -0.2) is 82.3 Å². The summed E-state index contributed by atoms with van der Waals surface area (Å²) in [7, 11) is 5.96. The Kier molecular flexibility index (Phi) is 72.2. The summed E-state index contributed by atoms with van der Waals surface area (Å²) < 4.78 is 22.9. The average molecular weight is 1290 g/mol. The van der Waals surface area contributed by atoms with Crippen molar-refractivity contribution < 1.29 is 42.9 Å². The second-order valence-electron chi connectivity index (χ2n) is 29.4. The number of nitrogens with zero attached hydrogens (tertiary/aromatic N) is 1. The van der Waals surface area contributed by atoms with E-state index in [9.17, 15) is 19.5 Å². The number of allylic oxidation sites excluding steroid dienone is 2. The van der Waals surface area contributed by atoms with E-state index in [1.807, 2.05) is 21.1 Å². The number of likely N-dealkylation sites (N-methyl/N-ethyl adjacent to an activating group) is 1. The summed E-state index contributed by atoms with van der Waals surface area (Å²) in [4.78, 5) is 37.6. The molecule has 0 bridgehead atoms. The summed E-state index contributed by atoms with van der Waals surface area (Å²) in [5.41, 5.74) is 0. The molecule has 0 radical (unpaired) electrons. The van der Waals surface area contributed by atoms with Gasteiger partial charge in [-0.1, -0.05) is 398 Å². The molecule has 0 saturated heterocycles. The van der Waals surface area contributed by atoms with Gasteiger partial charge >= 0.3 is 11.9 Å². The largest absolute Gasteiger partial charge is 0.545 e. The quantitative estimate of drug-likeness (QED) is 0.0195. The molecule has 0 rings (SSSR count). The molecule has 0 N–H and O–H groups in total. The normalized spacial score (nSPS) is 12.6. The fraction of sp³-hybridized carbons (Fsp3) is 0.939. The van der Waals surface area contributed by atoms with Crippen LogP contribution in [0.15, 0.2) is 12.2 Å². The monoisotopic (exact) mass is 1290 g/mol. The van der Waals surface area contributed by atoms with Crippen LogP contribution in [0, 0.1) is 0 Å². The van der Waals surface area contributed by atoms with E-state index in [4.69, 9.17) is 18.9 Å². The number of carbonyl (C=O) groups is 3. The van der Waals surface area contributed by atoms with Crippen molar-refractivity contribution >= 4 is 17.9 Å². The first-order valence-electron chi connectivity index (χ1n) is 40.8. The molecular weight excluding hydrogens is 1130 g/mol. The highest BCUT2D eigenvalue weighted by molar-refractivity contribution is 5.70. The third-order valence-corrected chi connectivity index (χ3v) is 19.0. The number of carboxylic acids is 1. The lowest BCUT2D eigenvalue weighted by Crippen LogP contribution is -2.44. The molecule has 2 unspecified atom stereocenters. The number of hydrogen-bond acceptors (Lipinski definition) is 8. The molecule has 0 aliphatic rings. The fourth-order valence-electron chi connectivity index (χ4n) is 12.8. The van der Waals surface area contributed by atoms with Gasteiger partial charge in [-0.2, -0.15) is 0 Å². The lowest BCUT2D eigenvalue weighted by Gasteiger charge is -2.26. The topological polar surface area (TPSA) is 111 Å². The number of carbonyl (C=O) groups excluding carboxylic acids is 3. The van der Waals surface area contributed by atoms with Gasteiger partial charge in [-0.05, 0) is 38.5 Å². The summed E-state index contributed by atoms with van der Waals surface area (Å²) in [6, 6.07) is 0. The van der Waals surface area contributed by atoms with E-state index in [1.165, 1.54) is 372 Å². The molecular formula is C82H159NO8. The van der Waals surface area contributed by atoms with Crippen LogP contribution < -0.4 is 5.11 Å². The number of unbranched alkanes of at least 4 members (excludes halogenated alkanes) is 61. The van der Waals surface area contributed by atoms with Gasteiger partial charge in [-0.25, -0.2) is 0 Å². The summed E-state index contributed by atoms with van der Waals surface area (Å²) in [6.07, 6.45) is 89.2. The van der Waals surface area contributed by atoms with Gasteiger partial charge < -0.3 is 33.3 Å². The molecule has 0 spiro atoms. The van der Waals surface area contributed by atoms with Crippen molar-refractivity contribution in [3.05, 3.63) is 12.2 Å². The summed E-state index contributed by atoms with van der Waals surface area (Å²) in [5.74, 6) is -2.24. The van der Waals surface area contributed by atoms with Gasteiger partial charge in [0, 0.05) is 12.8 Å². The standard InChI is InChI=1S/C82H159NO8/c1-6-8-10-12-14-16-18-20-22-24-26-28-30-32-34-36-38-39-40-41-43-45-47-49-51-53-55-57-59-61-63-65-67-69-71-73-80(85)91-78(77-90-82(81(86)87)88-75-74-83(3,4)5)76-89-79(84)72-70-68-66-64-62-60-58-56-54-52-50-48-46-44-42-37-35-33-31-29-27-25-23-21-19-17-15-13-11-9-7-2/h24,26,78,82H,6-23,25,27-77H2,1-5H3/b26-24-. The van der Waals surface area contributed by atoms with Crippen LogP contribution in [0.3, 0.4) is 0 Å². The number of ether oxygens (including phenoxy) is 4. The first-order chi connectivity index (χ1) is 44.6. The highest BCUT2D eigenvalue weighted by atomic mass is 16.7. The average Bonchev–Trinajstić information content (AvgIpc) is 3.46. The highest BCUT2D eigenvalue weighted by Crippen LogP contribution is 2.21. The Labute approximate surface area is 567 Å². The molecule has 0 aromatic carbocycles. The van der Waals surface area contributed by atoms with E-state index < -0.39 is 24.3 Å². The molecule has 0 aromatic rings. The zero-order valence-electron chi connectivity index (χ0n) is 62.0. The van der Waals surface area contributed by atoms with Crippen molar-refractivity contribution in [1.82, 2.24) is 0 Å². The van der Waals surface area contributed by atoms with Crippen LogP contribution in [0.5, 0.6) is 0 Å². The third kappa shape index (κ3) is 75.3. The maximum absolute atomic E-state index is 13.0. The smallest absolute Gasteiger partial charge is 0.306 e. The van der Waals surface area contributed by atoms with Crippen molar-refractivity contribution in [2.75, 3.05) is 47.5 Å². The van der Waals surface area contributed by atoms with Crippen molar-refractivity contribution in [1.29, 1.82) is 0 Å². The zero-order valence-corrected chi connectivity index (χ0v) is 62.0. The molecule has 0 amide bonds. The first kappa shape index (κ1) is 89.0.